The molecule has 6 heteroatoms. The van der Waals surface area contributed by atoms with Crippen LogP contribution in [0.2, 0.25) is 5.02 Å². The SMILES string of the molecule is Cn1c2ccccc2c2ccc(CC(=O)N(CCc3ccc(Cl)cc3)CC(=O)O)cc21. The zero-order chi connectivity index (χ0) is 22.0. The van der Waals surface area contributed by atoms with Crippen molar-refractivity contribution >= 4 is 45.3 Å². The van der Waals surface area contributed by atoms with Gasteiger partial charge >= 0.3 is 5.97 Å². The smallest absolute Gasteiger partial charge is 0.323 e. The number of carbonyl (C=O) groups excluding carboxylic acids is 1. The van der Waals surface area contributed by atoms with Gasteiger partial charge in [0.15, 0.2) is 0 Å². The summed E-state index contributed by atoms with van der Waals surface area (Å²) in [4.78, 5) is 25.7. The number of benzene rings is 3. The van der Waals surface area contributed by atoms with Gasteiger partial charge in [-0.25, -0.2) is 0 Å². The highest BCUT2D eigenvalue weighted by atomic mass is 35.5. The van der Waals surface area contributed by atoms with Crippen molar-refractivity contribution < 1.29 is 14.7 Å². The van der Waals surface area contributed by atoms with E-state index in [0.717, 1.165) is 27.5 Å². The number of fused-ring (bicyclic) bond motifs is 3. The van der Waals surface area contributed by atoms with Crippen molar-refractivity contribution in [2.24, 2.45) is 7.05 Å². The third-order valence-electron chi connectivity index (χ3n) is 5.60. The van der Waals surface area contributed by atoms with E-state index in [4.69, 9.17) is 11.6 Å². The predicted octanol–water partition coefficient (Wildman–Crippen LogP) is 4.68. The highest BCUT2D eigenvalue weighted by Gasteiger charge is 2.18. The van der Waals surface area contributed by atoms with E-state index in [1.165, 1.54) is 10.3 Å². The first-order chi connectivity index (χ1) is 14.9. The van der Waals surface area contributed by atoms with Crippen LogP contribution in [-0.2, 0) is 29.5 Å². The highest BCUT2D eigenvalue weighted by molar-refractivity contribution is 6.30. The van der Waals surface area contributed by atoms with Gasteiger partial charge in [-0.3, -0.25) is 9.59 Å². The molecular formula is C25H23ClN2O3. The summed E-state index contributed by atoms with van der Waals surface area (Å²) in [5.41, 5.74) is 4.06. The molecule has 0 atom stereocenters. The van der Waals surface area contributed by atoms with E-state index in [1.54, 1.807) is 12.1 Å². The fourth-order valence-electron chi connectivity index (χ4n) is 3.97. The quantitative estimate of drug-likeness (QED) is 0.459. The first-order valence-electron chi connectivity index (χ1n) is 10.1. The van der Waals surface area contributed by atoms with E-state index < -0.39 is 5.97 Å². The van der Waals surface area contributed by atoms with Crippen LogP contribution >= 0.6 is 11.6 Å². The molecule has 4 aromatic rings. The molecule has 0 aliphatic rings. The molecule has 5 nitrogen and oxygen atoms in total. The maximum Gasteiger partial charge on any atom is 0.323 e. The average molecular weight is 435 g/mol. The van der Waals surface area contributed by atoms with Gasteiger partial charge < -0.3 is 14.6 Å². The van der Waals surface area contributed by atoms with Crippen LogP contribution in [0.3, 0.4) is 0 Å². The normalized spacial score (nSPS) is 11.2. The van der Waals surface area contributed by atoms with Crippen LogP contribution in [0, 0.1) is 0 Å². The molecule has 0 radical (unpaired) electrons. The molecular weight excluding hydrogens is 412 g/mol. The molecule has 0 aliphatic carbocycles. The fourth-order valence-corrected chi connectivity index (χ4v) is 4.10. The summed E-state index contributed by atoms with van der Waals surface area (Å²) in [6, 6.07) is 21.6. The summed E-state index contributed by atoms with van der Waals surface area (Å²) < 4.78 is 2.12. The minimum atomic E-state index is -1.02. The fraction of sp³-hybridized carbons (Fsp3) is 0.200. The molecule has 0 unspecified atom stereocenters. The summed E-state index contributed by atoms with van der Waals surface area (Å²) >= 11 is 5.92. The van der Waals surface area contributed by atoms with Gasteiger partial charge in [-0.2, -0.15) is 0 Å². The molecule has 158 valence electrons. The number of carboxylic acid groups (broad SMARTS) is 1. The number of carbonyl (C=O) groups is 2. The van der Waals surface area contributed by atoms with Crippen molar-refractivity contribution in [3.8, 4) is 0 Å². The number of aryl methyl sites for hydroxylation is 1. The van der Waals surface area contributed by atoms with Crippen LogP contribution in [0.4, 0.5) is 0 Å². The number of nitrogens with zero attached hydrogens (tertiary/aromatic N) is 2. The number of halogens is 1. The maximum absolute atomic E-state index is 13.0. The lowest BCUT2D eigenvalue weighted by Gasteiger charge is -2.21. The Kier molecular flexibility index (Phi) is 5.96. The van der Waals surface area contributed by atoms with Crippen molar-refractivity contribution in [2.75, 3.05) is 13.1 Å². The third kappa shape index (κ3) is 4.57. The van der Waals surface area contributed by atoms with Gasteiger partial charge in [0.2, 0.25) is 5.91 Å². The van der Waals surface area contributed by atoms with Gasteiger partial charge in [-0.05, 0) is 41.8 Å². The van der Waals surface area contributed by atoms with Crippen molar-refractivity contribution in [1.82, 2.24) is 9.47 Å². The van der Waals surface area contributed by atoms with Crippen molar-refractivity contribution in [1.29, 1.82) is 0 Å². The zero-order valence-corrected chi connectivity index (χ0v) is 18.0. The molecule has 4 rings (SSSR count). The van der Waals surface area contributed by atoms with Gasteiger partial charge in [0, 0.05) is 40.4 Å². The molecule has 1 aromatic heterocycles. The Labute approximate surface area is 185 Å². The minimum absolute atomic E-state index is 0.158. The number of para-hydroxylation sites is 1. The first kappa shape index (κ1) is 20.9. The van der Waals surface area contributed by atoms with Crippen LogP contribution in [0.1, 0.15) is 11.1 Å². The van der Waals surface area contributed by atoms with Crippen LogP contribution in [0.25, 0.3) is 21.8 Å². The lowest BCUT2D eigenvalue weighted by atomic mass is 10.1. The number of hydrogen-bond donors (Lipinski definition) is 1. The lowest BCUT2D eigenvalue weighted by Crippen LogP contribution is -2.38. The number of carboxylic acids is 1. The Morgan fingerprint density at radius 2 is 1.61 bits per heavy atom. The third-order valence-corrected chi connectivity index (χ3v) is 5.85. The second-order valence-corrected chi connectivity index (χ2v) is 8.13. The largest absolute Gasteiger partial charge is 0.480 e. The lowest BCUT2D eigenvalue weighted by molar-refractivity contribution is -0.144. The number of aromatic nitrogens is 1. The Hall–Kier alpha value is -3.31. The Morgan fingerprint density at radius 1 is 0.935 bits per heavy atom. The zero-order valence-electron chi connectivity index (χ0n) is 17.2. The van der Waals surface area contributed by atoms with Crippen LogP contribution in [0.5, 0.6) is 0 Å². The van der Waals surface area contributed by atoms with Crippen molar-refractivity contribution in [3.63, 3.8) is 0 Å². The first-order valence-corrected chi connectivity index (χ1v) is 10.5. The van der Waals surface area contributed by atoms with E-state index >= 15 is 0 Å². The molecule has 1 N–H and O–H groups in total. The van der Waals surface area contributed by atoms with Gasteiger partial charge in [0.1, 0.15) is 6.54 Å². The molecule has 1 amide bonds. The van der Waals surface area contributed by atoms with Crippen LogP contribution in [-0.4, -0.2) is 39.5 Å². The molecule has 0 fully saturated rings. The Balaban J connectivity index is 1.53. The van der Waals surface area contributed by atoms with Crippen molar-refractivity contribution in [2.45, 2.75) is 12.8 Å². The molecule has 0 bridgehead atoms. The second-order valence-electron chi connectivity index (χ2n) is 7.69. The molecule has 0 saturated heterocycles. The summed E-state index contributed by atoms with van der Waals surface area (Å²) in [6.07, 6.45) is 0.726. The van der Waals surface area contributed by atoms with E-state index in [-0.39, 0.29) is 18.9 Å². The summed E-state index contributed by atoms with van der Waals surface area (Å²) in [7, 11) is 2.01. The Bertz CT molecular complexity index is 1260. The molecule has 0 spiro atoms. The van der Waals surface area contributed by atoms with Crippen LogP contribution in [0.15, 0.2) is 66.7 Å². The topological polar surface area (TPSA) is 62.5 Å². The summed E-state index contributed by atoms with van der Waals surface area (Å²) in [5, 5.41) is 12.2. The number of amides is 1. The van der Waals surface area contributed by atoms with Gasteiger partial charge in [-0.1, -0.05) is 54.1 Å². The van der Waals surface area contributed by atoms with Crippen LogP contribution < -0.4 is 0 Å². The molecule has 3 aromatic carbocycles. The molecule has 0 aliphatic heterocycles. The van der Waals surface area contributed by atoms with Gasteiger partial charge in [-0.15, -0.1) is 0 Å². The highest BCUT2D eigenvalue weighted by Crippen LogP contribution is 2.28. The predicted molar refractivity (Wildman–Crippen MR) is 124 cm³/mol. The number of hydrogen-bond acceptors (Lipinski definition) is 2. The average Bonchev–Trinajstić information content (AvgIpc) is 3.04. The van der Waals surface area contributed by atoms with E-state index in [0.29, 0.717) is 18.0 Å². The summed E-state index contributed by atoms with van der Waals surface area (Å²) in [5.74, 6) is -1.22. The standard InChI is InChI=1S/C25H23ClN2O3/c1-27-22-5-3-2-4-20(22)21-11-8-18(14-23(21)27)15-24(29)28(16-25(30)31)13-12-17-6-9-19(26)10-7-17/h2-11,14H,12-13,15-16H2,1H3,(H,30,31). The monoisotopic (exact) mass is 434 g/mol. The number of aliphatic carboxylic acids is 1. The minimum Gasteiger partial charge on any atom is -0.480 e. The van der Waals surface area contributed by atoms with Gasteiger partial charge in [0.05, 0.1) is 6.42 Å². The van der Waals surface area contributed by atoms with E-state index in [2.05, 4.69) is 16.7 Å². The van der Waals surface area contributed by atoms with Gasteiger partial charge in [0.25, 0.3) is 0 Å². The Morgan fingerprint density at radius 3 is 2.35 bits per heavy atom. The number of rotatable bonds is 7. The second kappa shape index (κ2) is 8.82. The molecule has 31 heavy (non-hydrogen) atoms. The summed E-state index contributed by atoms with van der Waals surface area (Å²) in [6.45, 7) is 0.0196. The van der Waals surface area contributed by atoms with Crippen molar-refractivity contribution in [3.05, 3.63) is 82.9 Å². The molecule has 1 heterocycles. The van der Waals surface area contributed by atoms with E-state index in [9.17, 15) is 14.7 Å². The maximum atomic E-state index is 13.0. The van der Waals surface area contributed by atoms with E-state index in [1.807, 2.05) is 49.5 Å². The molecule has 0 saturated carbocycles.